The van der Waals surface area contributed by atoms with E-state index >= 15 is 0 Å². The Balaban J connectivity index is 2.45. The number of carboxylic acid groups (broad SMARTS) is 1. The van der Waals surface area contributed by atoms with Crippen LogP contribution in [0.25, 0.3) is 0 Å². The first kappa shape index (κ1) is 16.8. The van der Waals surface area contributed by atoms with Crippen molar-refractivity contribution in [2.45, 2.75) is 18.7 Å². The Morgan fingerprint density at radius 1 is 1.13 bits per heavy atom. The van der Waals surface area contributed by atoms with E-state index in [2.05, 4.69) is 4.72 Å². The lowest BCUT2D eigenvalue weighted by Gasteiger charge is -2.13. The van der Waals surface area contributed by atoms with E-state index in [4.69, 9.17) is 4.74 Å². The van der Waals surface area contributed by atoms with E-state index < -0.39 is 16.0 Å². The molecule has 0 saturated heterocycles. The zero-order chi connectivity index (χ0) is 17.2. The van der Waals surface area contributed by atoms with Crippen molar-refractivity contribution in [3.63, 3.8) is 0 Å². The average Bonchev–Trinajstić information content (AvgIpc) is 2.48. The third kappa shape index (κ3) is 3.62. The zero-order valence-corrected chi connectivity index (χ0v) is 13.8. The highest BCUT2D eigenvalue weighted by Crippen LogP contribution is 2.25. The number of rotatable bonds is 5. The van der Waals surface area contributed by atoms with E-state index in [0.717, 1.165) is 5.56 Å². The Morgan fingerprint density at radius 3 is 2.39 bits per heavy atom. The molecule has 0 fully saturated rings. The number of hydrogen-bond donors (Lipinski definition) is 2. The summed E-state index contributed by atoms with van der Waals surface area (Å²) in [5.41, 5.74) is 1.16. The molecular weight excluding hydrogens is 318 g/mol. The number of carbonyl (C=O) groups is 1. The van der Waals surface area contributed by atoms with Gasteiger partial charge in [0.2, 0.25) is 0 Å². The van der Waals surface area contributed by atoms with Crippen LogP contribution >= 0.6 is 0 Å². The second kappa shape index (κ2) is 6.29. The lowest BCUT2D eigenvalue weighted by atomic mass is 10.1. The molecule has 0 aliphatic carbocycles. The Bertz CT molecular complexity index is 859. The highest BCUT2D eigenvalue weighted by Gasteiger charge is 2.20. The van der Waals surface area contributed by atoms with Gasteiger partial charge in [0.25, 0.3) is 10.0 Å². The van der Waals surface area contributed by atoms with Crippen molar-refractivity contribution < 1.29 is 23.1 Å². The van der Waals surface area contributed by atoms with Crippen molar-refractivity contribution in [1.82, 2.24) is 0 Å². The number of nitrogens with one attached hydrogen (secondary N) is 1. The molecule has 0 spiro atoms. The van der Waals surface area contributed by atoms with Crippen LogP contribution in [0.3, 0.4) is 0 Å². The molecule has 0 aliphatic rings. The van der Waals surface area contributed by atoms with E-state index in [9.17, 15) is 18.3 Å². The molecule has 0 bridgehead atoms. The van der Waals surface area contributed by atoms with Gasteiger partial charge in [-0.3, -0.25) is 4.72 Å². The van der Waals surface area contributed by atoms with Gasteiger partial charge in [0, 0.05) is 0 Å². The van der Waals surface area contributed by atoms with Crippen molar-refractivity contribution in [3.8, 4) is 5.75 Å². The van der Waals surface area contributed by atoms with Crippen LogP contribution in [-0.4, -0.2) is 26.6 Å². The van der Waals surface area contributed by atoms with Crippen molar-refractivity contribution in [2.24, 2.45) is 0 Å². The fourth-order valence-electron chi connectivity index (χ4n) is 2.17. The minimum Gasteiger partial charge on any atom is -0.497 e. The molecule has 7 heteroatoms. The summed E-state index contributed by atoms with van der Waals surface area (Å²) in [6, 6.07) is 9.06. The lowest BCUT2D eigenvalue weighted by molar-refractivity contribution is 0.0698. The van der Waals surface area contributed by atoms with E-state index in [1.165, 1.54) is 31.4 Å². The molecule has 0 amide bonds. The molecule has 23 heavy (non-hydrogen) atoms. The Labute approximate surface area is 134 Å². The number of benzene rings is 2. The first-order valence-electron chi connectivity index (χ1n) is 6.76. The third-order valence-electron chi connectivity index (χ3n) is 3.32. The van der Waals surface area contributed by atoms with Gasteiger partial charge in [-0.1, -0.05) is 11.6 Å². The van der Waals surface area contributed by atoms with Gasteiger partial charge < -0.3 is 9.84 Å². The van der Waals surface area contributed by atoms with E-state index in [-0.39, 0.29) is 16.1 Å². The highest BCUT2D eigenvalue weighted by molar-refractivity contribution is 7.92. The predicted octanol–water partition coefficient (Wildman–Crippen LogP) is 2.81. The first-order valence-corrected chi connectivity index (χ1v) is 8.24. The summed E-state index contributed by atoms with van der Waals surface area (Å²) >= 11 is 0. The van der Waals surface area contributed by atoms with Crippen LogP contribution in [0.5, 0.6) is 5.75 Å². The van der Waals surface area contributed by atoms with Crippen LogP contribution in [0.2, 0.25) is 0 Å². The Hall–Kier alpha value is -2.54. The lowest BCUT2D eigenvalue weighted by Crippen LogP contribution is -2.16. The molecule has 0 saturated carbocycles. The number of sulfonamides is 1. The van der Waals surface area contributed by atoms with Crippen molar-refractivity contribution in [3.05, 3.63) is 53.1 Å². The van der Waals surface area contributed by atoms with Gasteiger partial charge in [0.05, 0.1) is 23.3 Å². The van der Waals surface area contributed by atoms with Crippen LogP contribution in [0.15, 0.2) is 41.3 Å². The van der Waals surface area contributed by atoms with E-state index in [1.54, 1.807) is 26.0 Å². The molecule has 0 radical (unpaired) electrons. The maximum atomic E-state index is 12.5. The van der Waals surface area contributed by atoms with Gasteiger partial charge in [-0.15, -0.1) is 0 Å². The summed E-state index contributed by atoms with van der Waals surface area (Å²) in [6.45, 7) is 3.38. The largest absolute Gasteiger partial charge is 0.497 e. The predicted molar refractivity (Wildman–Crippen MR) is 86.7 cm³/mol. The summed E-state index contributed by atoms with van der Waals surface area (Å²) in [5.74, 6) is -0.652. The second-order valence-corrected chi connectivity index (χ2v) is 6.74. The van der Waals surface area contributed by atoms with Gasteiger partial charge in [-0.2, -0.15) is 0 Å². The molecule has 0 heterocycles. The summed E-state index contributed by atoms with van der Waals surface area (Å²) in [5, 5.41) is 9.23. The maximum Gasteiger partial charge on any atom is 0.337 e. The van der Waals surface area contributed by atoms with Crippen LogP contribution in [0.4, 0.5) is 5.69 Å². The summed E-state index contributed by atoms with van der Waals surface area (Å²) in [4.78, 5) is 11.4. The molecule has 122 valence electrons. The smallest absolute Gasteiger partial charge is 0.337 e. The normalized spacial score (nSPS) is 11.1. The second-order valence-electron chi connectivity index (χ2n) is 5.09. The summed E-state index contributed by atoms with van der Waals surface area (Å²) in [6.07, 6.45) is 0. The quantitative estimate of drug-likeness (QED) is 0.876. The molecule has 0 unspecified atom stereocenters. The third-order valence-corrected chi connectivity index (χ3v) is 4.85. The zero-order valence-electron chi connectivity index (χ0n) is 13.0. The van der Waals surface area contributed by atoms with Crippen molar-refractivity contribution in [2.75, 3.05) is 11.8 Å². The molecule has 2 rings (SSSR count). The fraction of sp³-hybridized carbons (Fsp3) is 0.188. The van der Waals surface area contributed by atoms with Crippen molar-refractivity contribution >= 4 is 21.7 Å². The van der Waals surface area contributed by atoms with Gasteiger partial charge >= 0.3 is 5.97 Å². The number of carboxylic acids is 1. The highest BCUT2D eigenvalue weighted by atomic mass is 32.2. The molecule has 6 nitrogen and oxygen atoms in total. The van der Waals surface area contributed by atoms with Gasteiger partial charge in [-0.25, -0.2) is 13.2 Å². The monoisotopic (exact) mass is 335 g/mol. The fourth-order valence-corrected chi connectivity index (χ4v) is 3.48. The minimum absolute atomic E-state index is 0.0262. The van der Waals surface area contributed by atoms with E-state index in [0.29, 0.717) is 11.3 Å². The number of hydrogen-bond acceptors (Lipinski definition) is 4. The molecular formula is C16H17NO5S. The Kier molecular flexibility index (Phi) is 4.60. The number of aromatic carboxylic acids is 1. The molecule has 0 atom stereocenters. The van der Waals surface area contributed by atoms with E-state index in [1.807, 2.05) is 0 Å². The SMILES string of the molecule is COc1ccc(S(=O)(=O)Nc2ccc(C)cc2C(=O)O)c(C)c1. The number of aryl methyl sites for hydroxylation is 2. The molecule has 2 aromatic carbocycles. The van der Waals surface area contributed by atoms with Crippen LogP contribution in [0.1, 0.15) is 21.5 Å². The maximum absolute atomic E-state index is 12.5. The number of anilines is 1. The minimum atomic E-state index is -3.91. The molecule has 0 aromatic heterocycles. The average molecular weight is 335 g/mol. The molecule has 2 aromatic rings. The summed E-state index contributed by atoms with van der Waals surface area (Å²) < 4.78 is 32.5. The van der Waals surface area contributed by atoms with Gasteiger partial charge in [0.15, 0.2) is 0 Å². The topological polar surface area (TPSA) is 92.7 Å². The number of ether oxygens (including phenoxy) is 1. The molecule has 0 aliphatic heterocycles. The van der Waals surface area contributed by atoms with Gasteiger partial charge in [-0.05, 0) is 49.7 Å². The summed E-state index contributed by atoms with van der Waals surface area (Å²) in [7, 11) is -2.41. The van der Waals surface area contributed by atoms with Crippen LogP contribution in [0, 0.1) is 13.8 Å². The Morgan fingerprint density at radius 2 is 1.83 bits per heavy atom. The first-order chi connectivity index (χ1) is 10.7. The van der Waals surface area contributed by atoms with Crippen molar-refractivity contribution in [1.29, 1.82) is 0 Å². The number of methoxy groups -OCH3 is 1. The standard InChI is InChI=1S/C16H17NO5S/c1-10-4-6-14(13(8-10)16(18)19)17-23(20,21)15-7-5-12(22-3)9-11(15)2/h4-9,17H,1-3H3,(H,18,19). The van der Waals surface area contributed by atoms with Crippen LogP contribution in [-0.2, 0) is 10.0 Å². The van der Waals surface area contributed by atoms with Gasteiger partial charge in [0.1, 0.15) is 5.75 Å². The molecule has 2 N–H and O–H groups in total. The van der Waals surface area contributed by atoms with Crippen LogP contribution < -0.4 is 9.46 Å².